The fourth-order valence-electron chi connectivity index (χ4n) is 0.925. The summed E-state index contributed by atoms with van der Waals surface area (Å²) in [5, 5.41) is 0. The molecule has 0 N–H and O–H groups in total. The molecule has 0 aromatic rings. The molecule has 0 saturated carbocycles. The van der Waals surface area contributed by atoms with Crippen LogP contribution in [0, 0.1) is 0 Å². The highest BCUT2D eigenvalue weighted by Gasteiger charge is 2.04. The number of hydrogen-bond acceptors (Lipinski definition) is 3. The molecular formula is C11H19NO2. The van der Waals surface area contributed by atoms with E-state index in [1.165, 1.54) is 0 Å². The maximum atomic E-state index is 11.0. The molecule has 0 spiro atoms. The minimum Gasteiger partial charge on any atom is -0.465 e. The molecule has 0 saturated heterocycles. The Morgan fingerprint density at radius 2 is 2.21 bits per heavy atom. The maximum absolute atomic E-state index is 11.0. The second-order valence-electron chi connectivity index (χ2n) is 3.25. The van der Waals surface area contributed by atoms with E-state index >= 15 is 0 Å². The number of carbonyl (C=O) groups is 1. The van der Waals surface area contributed by atoms with Gasteiger partial charge in [0.1, 0.15) is 0 Å². The summed E-state index contributed by atoms with van der Waals surface area (Å²) >= 11 is 0. The number of rotatable bonds is 6. The van der Waals surface area contributed by atoms with Crippen molar-refractivity contribution in [3.8, 4) is 0 Å². The predicted octanol–water partition coefficient (Wildman–Crippen LogP) is 1.61. The number of esters is 1. The van der Waals surface area contributed by atoms with Crippen LogP contribution in [0.2, 0.25) is 0 Å². The van der Waals surface area contributed by atoms with Gasteiger partial charge in [0, 0.05) is 6.54 Å². The van der Waals surface area contributed by atoms with Crippen molar-refractivity contribution in [3.05, 3.63) is 24.3 Å². The smallest absolute Gasteiger partial charge is 0.320 e. The van der Waals surface area contributed by atoms with Gasteiger partial charge in [-0.25, -0.2) is 0 Å². The van der Waals surface area contributed by atoms with E-state index in [4.69, 9.17) is 4.74 Å². The van der Waals surface area contributed by atoms with Gasteiger partial charge in [-0.1, -0.05) is 24.3 Å². The summed E-state index contributed by atoms with van der Waals surface area (Å²) in [4.78, 5) is 12.9. The summed E-state index contributed by atoms with van der Waals surface area (Å²) in [5.74, 6) is -0.182. The van der Waals surface area contributed by atoms with Crippen molar-refractivity contribution in [1.29, 1.82) is 0 Å². The standard InChI is InChI=1S/C11H19NO2/c1-5-14-11(13)9-12(4)8-6-7-10(2)3/h6-7H,2,5,8-9H2,1,3-4H3/b7-6-. The highest BCUT2D eigenvalue weighted by Crippen LogP contribution is 1.91. The fraction of sp³-hybridized carbons (Fsp3) is 0.545. The zero-order valence-electron chi connectivity index (χ0n) is 9.25. The molecule has 0 heterocycles. The summed E-state index contributed by atoms with van der Waals surface area (Å²) in [7, 11) is 1.87. The molecular weight excluding hydrogens is 178 g/mol. The first kappa shape index (κ1) is 12.9. The lowest BCUT2D eigenvalue weighted by Gasteiger charge is -2.12. The lowest BCUT2D eigenvalue weighted by atomic mass is 10.3. The van der Waals surface area contributed by atoms with Crippen molar-refractivity contribution in [2.45, 2.75) is 13.8 Å². The van der Waals surface area contributed by atoms with Crippen LogP contribution in [-0.4, -0.2) is 37.6 Å². The van der Waals surface area contributed by atoms with Crippen molar-refractivity contribution in [2.24, 2.45) is 0 Å². The molecule has 0 fully saturated rings. The maximum Gasteiger partial charge on any atom is 0.320 e. The SMILES string of the molecule is C=C(C)/C=C\CN(C)CC(=O)OCC. The van der Waals surface area contributed by atoms with Gasteiger partial charge in [-0.3, -0.25) is 9.69 Å². The highest BCUT2D eigenvalue weighted by molar-refractivity contribution is 5.71. The van der Waals surface area contributed by atoms with Crippen LogP contribution in [0.5, 0.6) is 0 Å². The Bertz CT molecular complexity index is 221. The normalized spacial score (nSPS) is 10.9. The zero-order valence-corrected chi connectivity index (χ0v) is 9.25. The Hall–Kier alpha value is -1.09. The number of nitrogens with zero attached hydrogens (tertiary/aromatic N) is 1. The van der Waals surface area contributed by atoms with Crippen LogP contribution in [0.4, 0.5) is 0 Å². The highest BCUT2D eigenvalue weighted by atomic mass is 16.5. The van der Waals surface area contributed by atoms with Gasteiger partial charge in [0.05, 0.1) is 13.2 Å². The summed E-state index contributed by atoms with van der Waals surface area (Å²) in [6.45, 7) is 8.98. The summed E-state index contributed by atoms with van der Waals surface area (Å²) in [6.07, 6.45) is 3.91. The molecule has 0 unspecified atom stereocenters. The first-order chi connectivity index (χ1) is 6.56. The predicted molar refractivity (Wildman–Crippen MR) is 58.1 cm³/mol. The molecule has 0 bridgehead atoms. The molecule has 0 aromatic carbocycles. The molecule has 80 valence electrons. The molecule has 0 radical (unpaired) electrons. The van der Waals surface area contributed by atoms with Crippen molar-refractivity contribution in [1.82, 2.24) is 4.90 Å². The minimum atomic E-state index is -0.182. The van der Waals surface area contributed by atoms with Crippen molar-refractivity contribution in [3.63, 3.8) is 0 Å². The van der Waals surface area contributed by atoms with Crippen LogP contribution in [0.15, 0.2) is 24.3 Å². The van der Waals surface area contributed by atoms with E-state index in [1.807, 2.05) is 31.0 Å². The van der Waals surface area contributed by atoms with Crippen LogP contribution >= 0.6 is 0 Å². The topological polar surface area (TPSA) is 29.5 Å². The first-order valence-electron chi connectivity index (χ1n) is 4.72. The van der Waals surface area contributed by atoms with Gasteiger partial charge in [0.25, 0.3) is 0 Å². The number of ether oxygens (including phenoxy) is 1. The average Bonchev–Trinajstić information content (AvgIpc) is 2.03. The van der Waals surface area contributed by atoms with E-state index < -0.39 is 0 Å². The number of allylic oxidation sites excluding steroid dienone is 2. The second kappa shape index (κ2) is 7.33. The number of carbonyl (C=O) groups excluding carboxylic acids is 1. The van der Waals surface area contributed by atoms with Gasteiger partial charge in [-0.2, -0.15) is 0 Å². The molecule has 0 rings (SSSR count). The summed E-state index contributed by atoms with van der Waals surface area (Å²) < 4.78 is 4.82. The lowest BCUT2D eigenvalue weighted by Crippen LogP contribution is -2.27. The van der Waals surface area contributed by atoms with Gasteiger partial charge < -0.3 is 4.74 Å². The van der Waals surface area contributed by atoms with E-state index in [0.29, 0.717) is 13.2 Å². The zero-order chi connectivity index (χ0) is 11.0. The van der Waals surface area contributed by atoms with E-state index in [1.54, 1.807) is 6.92 Å². The van der Waals surface area contributed by atoms with Gasteiger partial charge in [0.15, 0.2) is 0 Å². The Labute approximate surface area is 86.0 Å². The van der Waals surface area contributed by atoms with Crippen LogP contribution < -0.4 is 0 Å². The quantitative estimate of drug-likeness (QED) is 0.478. The monoisotopic (exact) mass is 197 g/mol. The fourth-order valence-corrected chi connectivity index (χ4v) is 0.925. The molecule has 0 aliphatic carbocycles. The molecule has 3 nitrogen and oxygen atoms in total. The molecule has 0 aliphatic rings. The third-order valence-electron chi connectivity index (χ3n) is 1.52. The van der Waals surface area contributed by atoms with Crippen LogP contribution in [0.25, 0.3) is 0 Å². The number of hydrogen-bond donors (Lipinski definition) is 0. The molecule has 3 heteroatoms. The molecule has 0 aromatic heterocycles. The Morgan fingerprint density at radius 1 is 1.57 bits per heavy atom. The van der Waals surface area contributed by atoms with Crippen molar-refractivity contribution in [2.75, 3.05) is 26.7 Å². The summed E-state index contributed by atoms with van der Waals surface area (Å²) in [5.41, 5.74) is 1.01. The van der Waals surface area contributed by atoms with Crippen molar-refractivity contribution < 1.29 is 9.53 Å². The van der Waals surface area contributed by atoms with Crippen LogP contribution in [0.3, 0.4) is 0 Å². The summed E-state index contributed by atoms with van der Waals surface area (Å²) in [6, 6.07) is 0. The third-order valence-corrected chi connectivity index (χ3v) is 1.52. The lowest BCUT2D eigenvalue weighted by molar-refractivity contribution is -0.143. The Kier molecular flexibility index (Phi) is 6.76. The molecule has 0 amide bonds. The van der Waals surface area contributed by atoms with E-state index in [0.717, 1.165) is 12.1 Å². The third kappa shape index (κ3) is 7.55. The number of likely N-dealkylation sites (N-methyl/N-ethyl adjacent to an activating group) is 1. The van der Waals surface area contributed by atoms with Crippen molar-refractivity contribution >= 4 is 5.97 Å². The average molecular weight is 197 g/mol. The van der Waals surface area contributed by atoms with Crippen LogP contribution in [-0.2, 0) is 9.53 Å². The first-order valence-corrected chi connectivity index (χ1v) is 4.72. The van der Waals surface area contributed by atoms with Gasteiger partial charge in [-0.15, -0.1) is 0 Å². The van der Waals surface area contributed by atoms with Gasteiger partial charge in [0.2, 0.25) is 0 Å². The van der Waals surface area contributed by atoms with Crippen LogP contribution in [0.1, 0.15) is 13.8 Å². The van der Waals surface area contributed by atoms with E-state index in [-0.39, 0.29) is 5.97 Å². The van der Waals surface area contributed by atoms with E-state index in [2.05, 4.69) is 6.58 Å². The largest absolute Gasteiger partial charge is 0.465 e. The second-order valence-corrected chi connectivity index (χ2v) is 3.25. The Balaban J connectivity index is 3.69. The van der Waals surface area contributed by atoms with E-state index in [9.17, 15) is 4.79 Å². The minimum absolute atomic E-state index is 0.182. The molecule has 14 heavy (non-hydrogen) atoms. The molecule has 0 atom stereocenters. The van der Waals surface area contributed by atoms with Gasteiger partial charge >= 0.3 is 5.97 Å². The molecule has 0 aliphatic heterocycles. The van der Waals surface area contributed by atoms with Gasteiger partial charge in [-0.05, 0) is 20.9 Å². The Morgan fingerprint density at radius 3 is 2.71 bits per heavy atom.